The van der Waals surface area contributed by atoms with Crippen LogP contribution < -0.4 is 5.56 Å². The molecule has 3 aromatic heterocycles. The molecule has 8 heteroatoms. The molecule has 146 valence electrons. The maximum atomic E-state index is 12.6. The predicted octanol–water partition coefficient (Wildman–Crippen LogP) is 3.74. The highest BCUT2D eigenvalue weighted by Gasteiger charge is 2.22. The van der Waals surface area contributed by atoms with Crippen LogP contribution in [0, 0.1) is 0 Å². The number of aryl methyl sites for hydroxylation is 2. The van der Waals surface area contributed by atoms with Crippen molar-refractivity contribution in [1.82, 2.24) is 14.9 Å². The zero-order chi connectivity index (χ0) is 19.1. The first kappa shape index (κ1) is 18.4. The molecule has 2 aliphatic rings. The summed E-state index contributed by atoms with van der Waals surface area (Å²) in [6.45, 7) is 1.52. The molecule has 1 aliphatic carbocycles. The minimum Gasteiger partial charge on any atom is -0.337 e. The van der Waals surface area contributed by atoms with E-state index in [1.165, 1.54) is 39.1 Å². The SMILES string of the molecule is O=C(CSCc1nc2sc3c(c2c(=O)[nH]1)CCCC3)N1CCc2sccc2C1. The van der Waals surface area contributed by atoms with Crippen molar-refractivity contribution >= 4 is 50.6 Å². The number of nitrogens with one attached hydrogen (secondary N) is 1. The largest absolute Gasteiger partial charge is 0.337 e. The summed E-state index contributed by atoms with van der Waals surface area (Å²) in [6.07, 6.45) is 5.37. The van der Waals surface area contributed by atoms with E-state index >= 15 is 0 Å². The Labute approximate surface area is 175 Å². The number of aromatic nitrogens is 2. The van der Waals surface area contributed by atoms with Crippen LogP contribution in [0.15, 0.2) is 16.2 Å². The van der Waals surface area contributed by atoms with Gasteiger partial charge in [-0.25, -0.2) is 4.98 Å². The third-order valence-corrected chi connectivity index (χ3v) is 8.64. The van der Waals surface area contributed by atoms with Crippen LogP contribution in [0.25, 0.3) is 10.2 Å². The van der Waals surface area contributed by atoms with Crippen molar-refractivity contribution in [2.24, 2.45) is 0 Å². The van der Waals surface area contributed by atoms with E-state index in [0.29, 0.717) is 17.3 Å². The molecule has 0 spiro atoms. The van der Waals surface area contributed by atoms with Gasteiger partial charge in [0.1, 0.15) is 10.7 Å². The Bertz CT molecular complexity index is 1100. The second-order valence-electron chi connectivity index (χ2n) is 7.33. The van der Waals surface area contributed by atoms with Gasteiger partial charge in [-0.1, -0.05) is 0 Å². The Morgan fingerprint density at radius 3 is 3.07 bits per heavy atom. The first-order valence-electron chi connectivity index (χ1n) is 9.63. The van der Waals surface area contributed by atoms with E-state index in [1.54, 1.807) is 22.7 Å². The summed E-state index contributed by atoms with van der Waals surface area (Å²) in [6, 6.07) is 2.12. The lowest BCUT2D eigenvalue weighted by Crippen LogP contribution is -2.36. The fraction of sp³-hybridized carbons (Fsp3) is 0.450. The van der Waals surface area contributed by atoms with E-state index in [4.69, 9.17) is 4.98 Å². The number of hydrogen-bond donors (Lipinski definition) is 1. The van der Waals surface area contributed by atoms with Crippen molar-refractivity contribution in [2.75, 3.05) is 12.3 Å². The minimum absolute atomic E-state index is 0.0210. The van der Waals surface area contributed by atoms with Gasteiger partial charge >= 0.3 is 0 Å². The zero-order valence-corrected chi connectivity index (χ0v) is 17.9. The molecule has 0 radical (unpaired) electrons. The van der Waals surface area contributed by atoms with Crippen molar-refractivity contribution in [1.29, 1.82) is 0 Å². The van der Waals surface area contributed by atoms with Crippen molar-refractivity contribution < 1.29 is 4.79 Å². The molecule has 4 heterocycles. The van der Waals surface area contributed by atoms with Crippen LogP contribution in [-0.2, 0) is 36.4 Å². The highest BCUT2D eigenvalue weighted by Crippen LogP contribution is 2.33. The van der Waals surface area contributed by atoms with Crippen LogP contribution in [0.3, 0.4) is 0 Å². The van der Waals surface area contributed by atoms with E-state index < -0.39 is 0 Å². The Balaban J connectivity index is 1.24. The summed E-state index contributed by atoms with van der Waals surface area (Å²) >= 11 is 4.98. The number of thioether (sulfide) groups is 1. The van der Waals surface area contributed by atoms with Crippen LogP contribution in [0.2, 0.25) is 0 Å². The van der Waals surface area contributed by atoms with Crippen molar-refractivity contribution in [3.8, 4) is 0 Å². The van der Waals surface area contributed by atoms with Crippen LogP contribution in [0.5, 0.6) is 0 Å². The fourth-order valence-corrected chi connectivity index (χ4v) is 7.02. The van der Waals surface area contributed by atoms with Gasteiger partial charge in [0.2, 0.25) is 5.91 Å². The lowest BCUT2D eigenvalue weighted by Gasteiger charge is -2.26. The molecule has 1 amide bonds. The average Bonchev–Trinajstić information content (AvgIpc) is 3.31. The molecule has 5 rings (SSSR count). The molecule has 0 unspecified atom stereocenters. The van der Waals surface area contributed by atoms with E-state index in [-0.39, 0.29) is 11.5 Å². The second kappa shape index (κ2) is 7.65. The fourth-order valence-electron chi connectivity index (χ4n) is 4.06. The molecule has 1 N–H and O–H groups in total. The normalized spacial score (nSPS) is 16.2. The summed E-state index contributed by atoms with van der Waals surface area (Å²) in [4.78, 5) is 38.3. The molecule has 0 fully saturated rings. The number of carbonyl (C=O) groups excluding carboxylic acids is 1. The molecule has 0 atom stereocenters. The molecule has 0 bridgehead atoms. The maximum absolute atomic E-state index is 12.6. The molecule has 0 aromatic carbocycles. The molecular formula is C20H21N3O2S3. The smallest absolute Gasteiger partial charge is 0.259 e. The zero-order valence-electron chi connectivity index (χ0n) is 15.5. The summed E-state index contributed by atoms with van der Waals surface area (Å²) in [5.74, 6) is 1.81. The van der Waals surface area contributed by atoms with Gasteiger partial charge in [-0.05, 0) is 54.7 Å². The Morgan fingerprint density at radius 2 is 2.14 bits per heavy atom. The average molecular weight is 432 g/mol. The second-order valence-corrected chi connectivity index (χ2v) is 10.4. The van der Waals surface area contributed by atoms with Gasteiger partial charge in [-0.3, -0.25) is 9.59 Å². The highest BCUT2D eigenvalue weighted by atomic mass is 32.2. The van der Waals surface area contributed by atoms with E-state index in [2.05, 4.69) is 16.4 Å². The number of H-pyrrole nitrogens is 1. The quantitative estimate of drug-likeness (QED) is 0.683. The van der Waals surface area contributed by atoms with Crippen molar-refractivity contribution in [3.63, 3.8) is 0 Å². The molecule has 28 heavy (non-hydrogen) atoms. The molecular weight excluding hydrogens is 410 g/mol. The first-order valence-corrected chi connectivity index (χ1v) is 12.5. The third kappa shape index (κ3) is 3.42. The molecule has 5 nitrogen and oxygen atoms in total. The van der Waals surface area contributed by atoms with Gasteiger partial charge in [0, 0.05) is 22.8 Å². The maximum Gasteiger partial charge on any atom is 0.259 e. The number of aromatic amines is 1. The molecule has 0 saturated heterocycles. The predicted molar refractivity (Wildman–Crippen MR) is 116 cm³/mol. The molecule has 0 saturated carbocycles. The third-order valence-electron chi connectivity index (χ3n) is 5.50. The van der Waals surface area contributed by atoms with Gasteiger partial charge in [0.25, 0.3) is 5.56 Å². The monoisotopic (exact) mass is 431 g/mol. The van der Waals surface area contributed by atoms with E-state index in [0.717, 1.165) is 49.0 Å². The van der Waals surface area contributed by atoms with E-state index in [9.17, 15) is 9.59 Å². The molecule has 3 aromatic rings. The minimum atomic E-state index is -0.0210. The van der Waals surface area contributed by atoms with Crippen molar-refractivity contribution in [3.05, 3.63) is 48.5 Å². The number of nitrogens with zero attached hydrogens (tertiary/aromatic N) is 2. The molecule has 1 aliphatic heterocycles. The number of thiophene rings is 2. The number of amides is 1. The number of rotatable bonds is 4. The number of fused-ring (bicyclic) bond motifs is 4. The standard InChI is InChI=1S/C20H21N3O2S3/c24-17(23-7-5-14-12(9-23)6-8-27-14)11-26-10-16-21-19(25)18-13-3-1-2-4-15(13)28-20(18)22-16/h6,8H,1-5,7,9-11H2,(H,21,22,25). The summed E-state index contributed by atoms with van der Waals surface area (Å²) in [5, 5.41) is 2.90. The highest BCUT2D eigenvalue weighted by molar-refractivity contribution is 7.99. The van der Waals surface area contributed by atoms with Gasteiger partial charge in [-0.2, -0.15) is 0 Å². The lowest BCUT2D eigenvalue weighted by atomic mass is 9.97. The first-order chi connectivity index (χ1) is 13.7. The number of carbonyl (C=O) groups is 1. The van der Waals surface area contributed by atoms with Crippen molar-refractivity contribution in [2.45, 2.75) is 44.4 Å². The van der Waals surface area contributed by atoms with Gasteiger partial charge < -0.3 is 9.88 Å². The van der Waals surface area contributed by atoms with E-state index in [1.807, 2.05) is 4.90 Å². The summed E-state index contributed by atoms with van der Waals surface area (Å²) in [7, 11) is 0. The van der Waals surface area contributed by atoms with Gasteiger partial charge in [0.15, 0.2) is 0 Å². The summed E-state index contributed by atoms with van der Waals surface area (Å²) in [5.41, 5.74) is 2.48. The Kier molecular flexibility index (Phi) is 5.02. The lowest BCUT2D eigenvalue weighted by molar-refractivity contribution is -0.129. The summed E-state index contributed by atoms with van der Waals surface area (Å²) < 4.78 is 0. The topological polar surface area (TPSA) is 66.1 Å². The van der Waals surface area contributed by atoms with Gasteiger partial charge in [0.05, 0.1) is 16.9 Å². The van der Waals surface area contributed by atoms with Crippen LogP contribution in [-0.4, -0.2) is 33.1 Å². The van der Waals surface area contributed by atoms with Gasteiger partial charge in [-0.15, -0.1) is 34.4 Å². The Morgan fingerprint density at radius 1 is 1.25 bits per heavy atom. The van der Waals surface area contributed by atoms with Crippen LogP contribution in [0.4, 0.5) is 0 Å². The number of hydrogen-bond acceptors (Lipinski definition) is 6. The van der Waals surface area contributed by atoms with Crippen LogP contribution >= 0.6 is 34.4 Å². The Hall–Kier alpha value is -1.64. The van der Waals surface area contributed by atoms with Crippen LogP contribution in [0.1, 0.15) is 39.5 Å².